The number of benzene rings is 2. The van der Waals surface area contributed by atoms with Crippen molar-refractivity contribution in [3.05, 3.63) is 59.2 Å². The van der Waals surface area contributed by atoms with Crippen LogP contribution in [0.15, 0.2) is 36.4 Å². The number of hydrogen-bond acceptors (Lipinski definition) is 3. The summed E-state index contributed by atoms with van der Waals surface area (Å²) in [4.78, 5) is 27.7. The van der Waals surface area contributed by atoms with Crippen LogP contribution in [0.5, 0.6) is 5.75 Å². The Kier molecular flexibility index (Phi) is 6.20. The minimum Gasteiger partial charge on any atom is -0.496 e. The molecule has 1 aliphatic heterocycles. The molecule has 1 saturated carbocycles. The summed E-state index contributed by atoms with van der Waals surface area (Å²) in [6, 6.07) is 8.09. The van der Waals surface area contributed by atoms with Gasteiger partial charge in [-0.15, -0.1) is 0 Å². The Morgan fingerprint density at radius 2 is 1.77 bits per heavy atom. The normalized spacial score (nSPS) is 20.7. The molecule has 5 nitrogen and oxygen atoms in total. The first kappa shape index (κ1) is 21.3. The summed E-state index contributed by atoms with van der Waals surface area (Å²) in [7, 11) is 1.48. The van der Waals surface area contributed by atoms with Crippen LogP contribution in [-0.2, 0) is 0 Å². The molecule has 0 unspecified atom stereocenters. The highest BCUT2D eigenvalue weighted by Gasteiger charge is 2.36. The van der Waals surface area contributed by atoms with Crippen LogP contribution in [0.4, 0.5) is 14.5 Å². The summed E-state index contributed by atoms with van der Waals surface area (Å²) in [6.45, 7) is 0.748. The van der Waals surface area contributed by atoms with E-state index in [2.05, 4.69) is 5.32 Å². The number of rotatable bonds is 4. The summed E-state index contributed by atoms with van der Waals surface area (Å²) >= 11 is 0. The van der Waals surface area contributed by atoms with E-state index in [4.69, 9.17) is 4.74 Å². The molecule has 0 radical (unpaired) electrons. The van der Waals surface area contributed by atoms with Gasteiger partial charge in [0, 0.05) is 29.9 Å². The summed E-state index contributed by atoms with van der Waals surface area (Å²) < 4.78 is 32.0. The van der Waals surface area contributed by atoms with E-state index in [0.29, 0.717) is 22.9 Å². The van der Waals surface area contributed by atoms with Crippen LogP contribution in [0.1, 0.15) is 59.2 Å². The van der Waals surface area contributed by atoms with E-state index in [1.54, 1.807) is 18.2 Å². The molecule has 2 aromatic rings. The second-order valence-electron chi connectivity index (χ2n) is 8.25. The van der Waals surface area contributed by atoms with E-state index >= 15 is 0 Å². The fraction of sp³-hybridized carbons (Fsp3) is 0.417. The molecule has 2 fully saturated rings. The molecule has 1 N–H and O–H groups in total. The fourth-order valence-corrected chi connectivity index (χ4v) is 4.82. The van der Waals surface area contributed by atoms with Gasteiger partial charge in [0.05, 0.1) is 12.7 Å². The molecule has 0 spiro atoms. The first-order valence-corrected chi connectivity index (χ1v) is 10.7. The number of ether oxygens (including phenoxy) is 1. The molecule has 1 saturated heterocycles. The average Bonchev–Trinajstić information content (AvgIpc) is 2.79. The van der Waals surface area contributed by atoms with E-state index in [0.717, 1.165) is 37.9 Å². The highest BCUT2D eigenvalue weighted by molar-refractivity contribution is 6.05. The largest absolute Gasteiger partial charge is 0.496 e. The van der Waals surface area contributed by atoms with Gasteiger partial charge in [-0.25, -0.2) is 8.78 Å². The zero-order valence-electron chi connectivity index (χ0n) is 17.5. The molecule has 0 bridgehead atoms. The molecule has 164 valence electrons. The highest BCUT2D eigenvalue weighted by Crippen LogP contribution is 2.37. The molecule has 2 aliphatic rings. The number of carbonyl (C=O) groups is 2. The Bertz CT molecular complexity index is 993. The van der Waals surface area contributed by atoms with E-state index in [-0.39, 0.29) is 17.5 Å². The van der Waals surface area contributed by atoms with Gasteiger partial charge < -0.3 is 15.0 Å². The van der Waals surface area contributed by atoms with Crippen molar-refractivity contribution in [3.8, 4) is 5.75 Å². The molecule has 31 heavy (non-hydrogen) atoms. The molecular weight excluding hydrogens is 402 g/mol. The lowest BCUT2D eigenvalue weighted by Gasteiger charge is -2.44. The Morgan fingerprint density at radius 1 is 1.00 bits per heavy atom. The molecule has 1 heterocycles. The molecule has 4 rings (SSSR count). The molecule has 1 aliphatic carbocycles. The number of nitrogens with zero attached hydrogens (tertiary/aromatic N) is 1. The van der Waals surface area contributed by atoms with Crippen molar-refractivity contribution in [2.45, 2.75) is 44.6 Å². The molecule has 2 amide bonds. The first-order valence-electron chi connectivity index (χ1n) is 10.7. The van der Waals surface area contributed by atoms with Crippen LogP contribution >= 0.6 is 0 Å². The van der Waals surface area contributed by atoms with Gasteiger partial charge in [0.15, 0.2) is 11.6 Å². The third kappa shape index (κ3) is 4.40. The Morgan fingerprint density at radius 3 is 2.55 bits per heavy atom. The minimum absolute atomic E-state index is 0.00493. The number of likely N-dealkylation sites (tertiary alicyclic amines) is 1. The Hall–Kier alpha value is -2.96. The van der Waals surface area contributed by atoms with Crippen molar-refractivity contribution >= 4 is 17.5 Å². The van der Waals surface area contributed by atoms with Crippen LogP contribution in [0.2, 0.25) is 0 Å². The minimum atomic E-state index is -1.09. The Balaban J connectivity index is 1.53. The monoisotopic (exact) mass is 428 g/mol. The Labute approximate surface area is 180 Å². The molecule has 2 aromatic carbocycles. The molecule has 0 aromatic heterocycles. The SMILES string of the molecule is COc1cc(NC(=O)c2ccc(F)c(F)c2)ccc1C(=O)N1CCC[C@H]2CCCC[C@H]21. The standard InChI is InChI=1S/C24H26F2N2O3/c1-31-22-14-17(27-23(29)16-8-11-19(25)20(26)13-16)9-10-18(22)24(30)28-12-4-6-15-5-2-3-7-21(15)28/h8-11,13-15,21H,2-7,12H2,1H3,(H,27,29)/t15-,21-/m1/s1. The fourth-order valence-electron chi connectivity index (χ4n) is 4.82. The van der Waals surface area contributed by atoms with Crippen LogP contribution in [0.25, 0.3) is 0 Å². The van der Waals surface area contributed by atoms with Gasteiger partial charge in [-0.2, -0.15) is 0 Å². The summed E-state index contributed by atoms with van der Waals surface area (Å²) in [5, 5.41) is 2.64. The second-order valence-corrected chi connectivity index (χ2v) is 8.25. The van der Waals surface area contributed by atoms with Crippen LogP contribution in [0.3, 0.4) is 0 Å². The second kappa shape index (κ2) is 9.04. The molecule has 7 heteroatoms. The number of methoxy groups -OCH3 is 1. The van der Waals surface area contributed by atoms with Gasteiger partial charge in [-0.05, 0) is 61.9 Å². The summed E-state index contributed by atoms with van der Waals surface area (Å²) in [5.74, 6) is -1.79. The molecular formula is C24H26F2N2O3. The van der Waals surface area contributed by atoms with Crippen molar-refractivity contribution in [2.75, 3.05) is 19.0 Å². The lowest BCUT2D eigenvalue weighted by atomic mass is 9.78. The van der Waals surface area contributed by atoms with Gasteiger partial charge >= 0.3 is 0 Å². The number of anilines is 1. The average molecular weight is 428 g/mol. The number of halogens is 2. The van der Waals surface area contributed by atoms with E-state index in [1.807, 2.05) is 4.90 Å². The van der Waals surface area contributed by atoms with E-state index < -0.39 is 17.5 Å². The van der Waals surface area contributed by atoms with Gasteiger partial charge in [0.2, 0.25) is 0 Å². The zero-order chi connectivity index (χ0) is 22.0. The maximum absolute atomic E-state index is 13.4. The van der Waals surface area contributed by atoms with Crippen LogP contribution < -0.4 is 10.1 Å². The van der Waals surface area contributed by atoms with Crippen LogP contribution in [-0.4, -0.2) is 36.4 Å². The van der Waals surface area contributed by atoms with Gasteiger partial charge in [0.1, 0.15) is 5.75 Å². The topological polar surface area (TPSA) is 58.6 Å². The number of nitrogens with one attached hydrogen (secondary N) is 1. The number of piperidine rings is 1. The lowest BCUT2D eigenvalue weighted by Crippen LogP contribution is -2.49. The predicted octanol–water partition coefficient (Wildman–Crippen LogP) is 5.02. The first-order chi connectivity index (χ1) is 15.0. The zero-order valence-corrected chi connectivity index (χ0v) is 17.5. The van der Waals surface area contributed by atoms with Gasteiger partial charge in [-0.1, -0.05) is 12.8 Å². The third-order valence-corrected chi connectivity index (χ3v) is 6.38. The van der Waals surface area contributed by atoms with Crippen molar-refractivity contribution in [1.29, 1.82) is 0 Å². The number of amides is 2. The van der Waals surface area contributed by atoms with Crippen LogP contribution in [0, 0.1) is 17.6 Å². The third-order valence-electron chi connectivity index (χ3n) is 6.38. The van der Waals surface area contributed by atoms with Gasteiger partial charge in [-0.3, -0.25) is 9.59 Å². The predicted molar refractivity (Wildman–Crippen MR) is 113 cm³/mol. The number of hydrogen-bond donors (Lipinski definition) is 1. The number of fused-ring (bicyclic) bond motifs is 1. The summed E-state index contributed by atoms with van der Waals surface area (Å²) in [5.41, 5.74) is 0.853. The highest BCUT2D eigenvalue weighted by atomic mass is 19.2. The van der Waals surface area contributed by atoms with E-state index in [9.17, 15) is 18.4 Å². The van der Waals surface area contributed by atoms with Crippen molar-refractivity contribution in [1.82, 2.24) is 4.90 Å². The van der Waals surface area contributed by atoms with Crippen molar-refractivity contribution in [3.63, 3.8) is 0 Å². The van der Waals surface area contributed by atoms with Crippen molar-refractivity contribution < 1.29 is 23.1 Å². The summed E-state index contributed by atoms with van der Waals surface area (Å²) in [6.07, 6.45) is 6.80. The maximum atomic E-state index is 13.4. The maximum Gasteiger partial charge on any atom is 0.257 e. The molecule has 2 atom stereocenters. The van der Waals surface area contributed by atoms with E-state index in [1.165, 1.54) is 32.4 Å². The number of carbonyl (C=O) groups excluding carboxylic acids is 2. The quantitative estimate of drug-likeness (QED) is 0.744. The lowest BCUT2D eigenvalue weighted by molar-refractivity contribution is 0.0388. The van der Waals surface area contributed by atoms with Crippen molar-refractivity contribution in [2.24, 2.45) is 5.92 Å². The smallest absolute Gasteiger partial charge is 0.257 e. The van der Waals surface area contributed by atoms with Gasteiger partial charge in [0.25, 0.3) is 11.8 Å².